The van der Waals surface area contributed by atoms with E-state index in [4.69, 9.17) is 5.11 Å². The number of H-pyrrole nitrogens is 2. The lowest BCUT2D eigenvalue weighted by molar-refractivity contribution is 0.0695. The molecule has 0 unspecified atom stereocenters. The molecule has 0 spiro atoms. The summed E-state index contributed by atoms with van der Waals surface area (Å²) in [7, 11) is 0. The van der Waals surface area contributed by atoms with E-state index in [1.807, 2.05) is 41.3 Å². The molecule has 8 rings (SSSR count). The van der Waals surface area contributed by atoms with E-state index in [2.05, 4.69) is 19.9 Å². The summed E-state index contributed by atoms with van der Waals surface area (Å²) in [5.41, 5.74) is 1.46. The van der Waals surface area contributed by atoms with Gasteiger partial charge in [0, 0.05) is 37.9 Å². The average Bonchev–Trinajstić information content (AvgIpc) is 3.21. The molecule has 3 aromatic heterocycles. The molecule has 0 aliphatic carbocycles. The Labute approximate surface area is 312 Å². The number of hydrogen-bond acceptors (Lipinski definition) is 8. The lowest BCUT2D eigenvalue weighted by Gasteiger charge is -2.35. The molecule has 1 amide bonds. The number of carboxylic acid groups (broad SMARTS) is 1. The Bertz CT molecular complexity index is 2780. The van der Waals surface area contributed by atoms with Crippen molar-refractivity contribution in [3.63, 3.8) is 0 Å². The summed E-state index contributed by atoms with van der Waals surface area (Å²) in [4.78, 5) is 85.7. The lowest BCUT2D eigenvalue weighted by Crippen LogP contribution is -2.49. The van der Waals surface area contributed by atoms with Gasteiger partial charge in [0.1, 0.15) is 5.82 Å². The topological polar surface area (TPSA) is 183 Å². The molecule has 0 atom stereocenters. The third-order valence-electron chi connectivity index (χ3n) is 9.38. The molecule has 1 fully saturated rings. The number of amides is 1. The number of anilines is 1. The number of carbonyl (C=O) groups excluding carboxylic acids is 1. The van der Waals surface area contributed by atoms with Crippen molar-refractivity contribution in [1.82, 2.24) is 29.0 Å². The molecule has 1 aliphatic heterocycles. The molecule has 1 aliphatic rings. The van der Waals surface area contributed by atoms with Gasteiger partial charge in [-0.25, -0.2) is 19.4 Å². The first kappa shape index (κ1) is 36.0. The molecule has 276 valence electrons. The summed E-state index contributed by atoms with van der Waals surface area (Å²) in [6.07, 6.45) is 1.77. The summed E-state index contributed by atoms with van der Waals surface area (Å²) in [6, 6.07) is 33.3. The van der Waals surface area contributed by atoms with Crippen molar-refractivity contribution < 1.29 is 14.7 Å². The fourth-order valence-corrected chi connectivity index (χ4v) is 6.63. The van der Waals surface area contributed by atoms with Gasteiger partial charge in [-0.1, -0.05) is 54.6 Å². The van der Waals surface area contributed by atoms with E-state index in [0.29, 0.717) is 46.0 Å². The van der Waals surface area contributed by atoms with Crippen molar-refractivity contribution in [2.45, 2.75) is 13.1 Å². The summed E-state index contributed by atoms with van der Waals surface area (Å²) in [5.74, 6) is -0.137. The Morgan fingerprint density at radius 1 is 0.600 bits per heavy atom. The summed E-state index contributed by atoms with van der Waals surface area (Å²) in [6.45, 7) is 3.11. The zero-order valence-corrected chi connectivity index (χ0v) is 29.4. The largest absolute Gasteiger partial charge is 0.478 e. The van der Waals surface area contributed by atoms with Gasteiger partial charge in [-0.3, -0.25) is 33.5 Å². The Morgan fingerprint density at radius 2 is 1.11 bits per heavy atom. The molecule has 1 saturated heterocycles. The van der Waals surface area contributed by atoms with Gasteiger partial charge in [0.05, 0.1) is 40.5 Å². The van der Waals surface area contributed by atoms with Crippen LogP contribution in [0.15, 0.2) is 141 Å². The quantitative estimate of drug-likeness (QED) is 0.220. The molecular formula is C41H35N7O7. The van der Waals surface area contributed by atoms with Gasteiger partial charge in [-0.15, -0.1) is 0 Å². The molecule has 55 heavy (non-hydrogen) atoms. The molecule has 0 saturated carbocycles. The van der Waals surface area contributed by atoms with Crippen LogP contribution in [0.3, 0.4) is 0 Å². The fourth-order valence-electron chi connectivity index (χ4n) is 6.63. The average molecular weight is 738 g/mol. The predicted octanol–water partition coefficient (Wildman–Crippen LogP) is 3.53. The van der Waals surface area contributed by atoms with Crippen molar-refractivity contribution >= 4 is 39.5 Å². The molecule has 0 bridgehead atoms. The third-order valence-corrected chi connectivity index (χ3v) is 9.38. The second-order valence-corrected chi connectivity index (χ2v) is 12.9. The number of nitrogens with zero attached hydrogens (tertiary/aromatic N) is 5. The smallest absolute Gasteiger partial charge is 0.335 e. The van der Waals surface area contributed by atoms with Crippen LogP contribution in [0, 0.1) is 0 Å². The number of hydrogen-bond donors (Lipinski definition) is 3. The third kappa shape index (κ3) is 7.88. The zero-order chi connectivity index (χ0) is 38.5. The normalized spacial score (nSPS) is 12.7. The highest BCUT2D eigenvalue weighted by molar-refractivity contribution is 5.94. The maximum Gasteiger partial charge on any atom is 0.335 e. The first-order valence-electron chi connectivity index (χ1n) is 17.5. The molecule has 3 N–H and O–H groups in total. The second-order valence-electron chi connectivity index (χ2n) is 12.9. The van der Waals surface area contributed by atoms with Crippen LogP contribution in [0.4, 0.5) is 5.82 Å². The van der Waals surface area contributed by atoms with Crippen molar-refractivity contribution in [2.75, 3.05) is 31.1 Å². The number of fused-ring (bicyclic) bond motifs is 2. The van der Waals surface area contributed by atoms with Crippen LogP contribution in [0.2, 0.25) is 0 Å². The molecule has 4 heterocycles. The van der Waals surface area contributed by atoms with Gasteiger partial charge in [0.15, 0.2) is 0 Å². The number of pyridine rings is 1. The van der Waals surface area contributed by atoms with Gasteiger partial charge in [-0.05, 0) is 71.8 Å². The van der Waals surface area contributed by atoms with E-state index in [1.165, 1.54) is 21.3 Å². The van der Waals surface area contributed by atoms with Crippen molar-refractivity contribution in [1.29, 1.82) is 0 Å². The Morgan fingerprint density at radius 3 is 1.64 bits per heavy atom. The SMILES string of the molecule is O=C(O)c1cccc(Cn2c(=O)[nH]c(=O)c3ccccc32)c1.O=C(c1cccc(Cn2c(=O)[nH]c(=O)c3ccccc32)c1)N1CCN(c2ccccn2)CC1. The number of piperazine rings is 1. The molecule has 4 aromatic carbocycles. The fraction of sp³-hybridized carbons (Fsp3) is 0.146. The Balaban J connectivity index is 0.000000184. The highest BCUT2D eigenvalue weighted by Crippen LogP contribution is 2.17. The summed E-state index contributed by atoms with van der Waals surface area (Å²) < 4.78 is 2.93. The number of para-hydroxylation sites is 2. The summed E-state index contributed by atoms with van der Waals surface area (Å²) >= 11 is 0. The van der Waals surface area contributed by atoms with Crippen molar-refractivity contribution in [3.05, 3.63) is 185 Å². The highest BCUT2D eigenvalue weighted by atomic mass is 16.4. The van der Waals surface area contributed by atoms with Gasteiger partial charge in [0.25, 0.3) is 17.0 Å². The monoisotopic (exact) mass is 737 g/mol. The number of nitrogens with one attached hydrogen (secondary N) is 2. The number of rotatable bonds is 7. The van der Waals surface area contributed by atoms with Gasteiger partial charge < -0.3 is 14.9 Å². The van der Waals surface area contributed by atoms with E-state index in [9.17, 15) is 28.8 Å². The second kappa shape index (κ2) is 15.7. The lowest BCUT2D eigenvalue weighted by atomic mass is 10.1. The van der Waals surface area contributed by atoms with E-state index in [0.717, 1.165) is 24.5 Å². The number of carbonyl (C=O) groups is 2. The molecule has 14 heteroatoms. The Kier molecular flexibility index (Phi) is 10.3. The van der Waals surface area contributed by atoms with Crippen LogP contribution >= 0.6 is 0 Å². The van der Waals surface area contributed by atoms with Gasteiger partial charge >= 0.3 is 17.3 Å². The van der Waals surface area contributed by atoms with Crippen molar-refractivity contribution in [3.8, 4) is 0 Å². The number of carboxylic acids is 1. The van der Waals surface area contributed by atoms with E-state index in [-0.39, 0.29) is 24.6 Å². The minimum Gasteiger partial charge on any atom is -0.478 e. The van der Waals surface area contributed by atoms with Gasteiger partial charge in [-0.2, -0.15) is 0 Å². The van der Waals surface area contributed by atoms with Crippen LogP contribution in [-0.2, 0) is 13.1 Å². The van der Waals surface area contributed by atoms with Crippen LogP contribution in [0.25, 0.3) is 21.8 Å². The predicted molar refractivity (Wildman–Crippen MR) is 208 cm³/mol. The Hall–Kier alpha value is -7.35. The zero-order valence-electron chi connectivity index (χ0n) is 29.4. The number of aromatic amines is 2. The molecule has 0 radical (unpaired) electrons. The minimum atomic E-state index is -1.03. The number of aromatic carboxylic acids is 1. The highest BCUT2D eigenvalue weighted by Gasteiger charge is 2.23. The van der Waals surface area contributed by atoms with Crippen LogP contribution in [-0.4, -0.2) is 72.1 Å². The first-order chi connectivity index (χ1) is 26.7. The first-order valence-corrected chi connectivity index (χ1v) is 17.5. The molecule has 14 nitrogen and oxygen atoms in total. The maximum atomic E-state index is 13.1. The molecule has 7 aromatic rings. The molecular weight excluding hydrogens is 702 g/mol. The van der Waals surface area contributed by atoms with Crippen LogP contribution in [0.1, 0.15) is 31.8 Å². The van der Waals surface area contributed by atoms with E-state index in [1.54, 1.807) is 72.9 Å². The maximum absolute atomic E-state index is 13.1. The standard InChI is InChI=1S/C25H23N5O3.C16H12N2O4/c31-23-20-8-1-2-9-21(20)30(25(33)27-23)17-18-6-5-7-19(16-18)24(32)29-14-12-28(13-15-29)22-10-3-4-11-26-22;19-14-12-6-1-2-7-13(12)18(16(22)17-14)9-10-4-3-5-11(8-10)15(20)21/h1-11,16H,12-15,17H2,(H,27,31,33);1-8H,9H2,(H,20,21)(H,17,19,22). The van der Waals surface area contributed by atoms with Gasteiger partial charge in [0.2, 0.25) is 0 Å². The minimum absolute atomic E-state index is 0.0313. The van der Waals surface area contributed by atoms with E-state index >= 15 is 0 Å². The van der Waals surface area contributed by atoms with Crippen LogP contribution in [0.5, 0.6) is 0 Å². The number of benzene rings is 4. The van der Waals surface area contributed by atoms with Crippen molar-refractivity contribution in [2.24, 2.45) is 0 Å². The van der Waals surface area contributed by atoms with Crippen LogP contribution < -0.4 is 27.4 Å². The number of aromatic nitrogens is 5. The summed E-state index contributed by atoms with van der Waals surface area (Å²) in [5, 5.41) is 9.89. The van der Waals surface area contributed by atoms with E-state index < -0.39 is 28.5 Å².